The van der Waals surface area contributed by atoms with Crippen LogP contribution in [-0.2, 0) is 16.4 Å². The summed E-state index contributed by atoms with van der Waals surface area (Å²) in [6.45, 7) is 0. The van der Waals surface area contributed by atoms with Crippen molar-refractivity contribution in [2.24, 2.45) is 0 Å². The molecule has 1 aliphatic carbocycles. The van der Waals surface area contributed by atoms with Gasteiger partial charge in [0.05, 0.1) is 10.6 Å². The van der Waals surface area contributed by atoms with Crippen molar-refractivity contribution in [1.29, 1.82) is 0 Å². The average molecular weight is 387 g/mol. The van der Waals surface area contributed by atoms with Gasteiger partial charge in [0, 0.05) is 17.3 Å². The lowest BCUT2D eigenvalue weighted by molar-refractivity contribution is 0.579. The number of hydrogen-bond acceptors (Lipinski definition) is 3. The van der Waals surface area contributed by atoms with E-state index in [9.17, 15) is 8.42 Å². The summed E-state index contributed by atoms with van der Waals surface area (Å²) in [4.78, 5) is 0.192. The molecule has 0 aliphatic heterocycles. The number of nitrogens with one attached hydrogen (secondary N) is 1. The van der Waals surface area contributed by atoms with Crippen LogP contribution in [0.1, 0.15) is 23.6 Å². The van der Waals surface area contributed by atoms with Crippen LogP contribution in [0, 0.1) is 0 Å². The van der Waals surface area contributed by atoms with E-state index in [2.05, 4.69) is 5.32 Å². The molecule has 134 valence electrons. The maximum Gasteiger partial charge on any atom is 0.268 e. The zero-order valence-corrected chi connectivity index (χ0v) is 15.9. The van der Waals surface area contributed by atoms with Crippen LogP contribution in [0.5, 0.6) is 0 Å². The Bertz CT molecular complexity index is 1060. The monoisotopic (exact) mass is 386 g/mol. The number of nitrogens with zero attached hydrogens (tertiary/aromatic N) is 1. The van der Waals surface area contributed by atoms with Crippen LogP contribution in [-0.4, -0.2) is 19.4 Å². The first-order valence-corrected chi connectivity index (χ1v) is 10.3. The third-order valence-electron chi connectivity index (χ3n) is 4.92. The molecule has 1 aromatic heterocycles. The molecular weight excluding hydrogens is 368 g/mol. The molecule has 0 spiro atoms. The van der Waals surface area contributed by atoms with E-state index in [0.717, 1.165) is 35.2 Å². The second-order valence-electron chi connectivity index (χ2n) is 6.42. The maximum absolute atomic E-state index is 13.4. The van der Waals surface area contributed by atoms with Gasteiger partial charge in [-0.3, -0.25) is 0 Å². The zero-order valence-electron chi connectivity index (χ0n) is 14.3. The normalized spacial score (nSPS) is 16.6. The lowest BCUT2D eigenvalue weighted by atomic mass is 10.1. The Morgan fingerprint density at radius 2 is 1.88 bits per heavy atom. The summed E-state index contributed by atoms with van der Waals surface area (Å²) < 4.78 is 28.1. The Morgan fingerprint density at radius 1 is 1.12 bits per heavy atom. The highest BCUT2D eigenvalue weighted by Crippen LogP contribution is 2.41. The predicted molar refractivity (Wildman–Crippen MR) is 104 cm³/mol. The summed E-state index contributed by atoms with van der Waals surface area (Å²) in [7, 11) is -1.84. The van der Waals surface area contributed by atoms with Gasteiger partial charge >= 0.3 is 0 Å². The van der Waals surface area contributed by atoms with Crippen LogP contribution in [0.4, 0.5) is 0 Å². The highest BCUT2D eigenvalue weighted by atomic mass is 35.5. The van der Waals surface area contributed by atoms with Crippen LogP contribution < -0.4 is 5.32 Å². The summed E-state index contributed by atoms with van der Waals surface area (Å²) in [6, 6.07) is 16.3. The van der Waals surface area contributed by atoms with Crippen molar-refractivity contribution in [1.82, 2.24) is 9.29 Å². The number of benzene rings is 2. The predicted octanol–water partition coefficient (Wildman–Crippen LogP) is 4.25. The number of hydrogen-bond donors (Lipinski definition) is 1. The quantitative estimate of drug-likeness (QED) is 0.729. The lowest BCUT2D eigenvalue weighted by Gasteiger charge is -2.13. The fraction of sp³-hybridized carbons (Fsp3) is 0.200. The minimum Gasteiger partial charge on any atom is -0.313 e. The summed E-state index contributed by atoms with van der Waals surface area (Å²) in [5.74, 6) is 0. The van der Waals surface area contributed by atoms with Crippen molar-refractivity contribution < 1.29 is 8.42 Å². The first-order chi connectivity index (χ1) is 12.5. The van der Waals surface area contributed by atoms with Gasteiger partial charge in [-0.1, -0.05) is 48.0 Å². The summed E-state index contributed by atoms with van der Waals surface area (Å²) in [5.41, 5.74) is 3.80. The topological polar surface area (TPSA) is 51.1 Å². The van der Waals surface area contributed by atoms with E-state index in [-0.39, 0.29) is 10.9 Å². The molecule has 3 aromatic rings. The molecule has 0 amide bonds. The first-order valence-electron chi connectivity index (χ1n) is 8.50. The van der Waals surface area contributed by atoms with Crippen LogP contribution in [0.2, 0.25) is 5.02 Å². The van der Waals surface area contributed by atoms with Gasteiger partial charge in [-0.05, 0) is 54.8 Å². The molecule has 1 atom stereocenters. The van der Waals surface area contributed by atoms with E-state index in [0.29, 0.717) is 5.02 Å². The molecule has 4 nitrogen and oxygen atoms in total. The van der Waals surface area contributed by atoms with Crippen LogP contribution in [0.3, 0.4) is 0 Å². The van der Waals surface area contributed by atoms with Crippen molar-refractivity contribution in [3.63, 3.8) is 0 Å². The summed E-state index contributed by atoms with van der Waals surface area (Å²) in [5, 5.41) is 3.69. The van der Waals surface area contributed by atoms with Crippen molar-refractivity contribution in [3.05, 3.63) is 76.9 Å². The Balaban J connectivity index is 1.97. The maximum atomic E-state index is 13.4. The third kappa shape index (κ3) is 2.76. The number of halogens is 1. The molecular formula is C20H19ClN2O2S. The second-order valence-corrected chi connectivity index (χ2v) is 8.67. The molecule has 1 aliphatic rings. The van der Waals surface area contributed by atoms with Crippen LogP contribution >= 0.6 is 11.6 Å². The Kier molecular flexibility index (Phi) is 4.39. The Morgan fingerprint density at radius 3 is 2.58 bits per heavy atom. The molecule has 0 bridgehead atoms. The van der Waals surface area contributed by atoms with Gasteiger partial charge in [0.25, 0.3) is 10.0 Å². The fourth-order valence-electron chi connectivity index (χ4n) is 3.67. The highest BCUT2D eigenvalue weighted by Gasteiger charge is 2.32. The molecule has 26 heavy (non-hydrogen) atoms. The second kappa shape index (κ2) is 6.58. The number of fused-ring (bicyclic) bond motifs is 1. The van der Waals surface area contributed by atoms with Gasteiger partial charge < -0.3 is 5.32 Å². The average Bonchev–Trinajstić information content (AvgIpc) is 3.21. The molecule has 2 aromatic carbocycles. The van der Waals surface area contributed by atoms with Crippen molar-refractivity contribution in [2.75, 3.05) is 7.05 Å². The molecule has 0 saturated carbocycles. The van der Waals surface area contributed by atoms with E-state index in [1.807, 2.05) is 37.4 Å². The van der Waals surface area contributed by atoms with Crippen molar-refractivity contribution >= 4 is 21.6 Å². The van der Waals surface area contributed by atoms with Gasteiger partial charge in [-0.25, -0.2) is 12.4 Å². The minimum absolute atomic E-state index is 0.170. The Hall–Kier alpha value is -2.08. The molecule has 6 heteroatoms. The molecule has 4 rings (SSSR count). The van der Waals surface area contributed by atoms with E-state index >= 15 is 0 Å². The van der Waals surface area contributed by atoms with Gasteiger partial charge in [0.15, 0.2) is 0 Å². The van der Waals surface area contributed by atoms with E-state index in [1.165, 1.54) is 10.0 Å². The number of aromatic nitrogens is 1. The van der Waals surface area contributed by atoms with E-state index < -0.39 is 10.0 Å². The van der Waals surface area contributed by atoms with Gasteiger partial charge in [-0.15, -0.1) is 0 Å². The van der Waals surface area contributed by atoms with Crippen LogP contribution in [0.25, 0.3) is 11.3 Å². The van der Waals surface area contributed by atoms with Gasteiger partial charge in [-0.2, -0.15) is 0 Å². The van der Waals surface area contributed by atoms with Gasteiger partial charge in [0.2, 0.25) is 0 Å². The summed E-state index contributed by atoms with van der Waals surface area (Å²) in [6.07, 6.45) is 3.59. The molecule has 0 radical (unpaired) electrons. The van der Waals surface area contributed by atoms with Crippen molar-refractivity contribution in [3.8, 4) is 11.3 Å². The summed E-state index contributed by atoms with van der Waals surface area (Å²) >= 11 is 6.03. The van der Waals surface area contributed by atoms with Crippen molar-refractivity contribution in [2.45, 2.75) is 23.8 Å². The SMILES string of the molecule is CNC1CCc2c1cn(S(=O)(=O)c1cccc(Cl)c1)c2-c1ccccc1. The third-order valence-corrected chi connectivity index (χ3v) is 6.81. The molecule has 0 fully saturated rings. The minimum atomic E-state index is -3.75. The molecule has 1 heterocycles. The smallest absolute Gasteiger partial charge is 0.268 e. The van der Waals surface area contributed by atoms with E-state index in [1.54, 1.807) is 24.4 Å². The van der Waals surface area contributed by atoms with Gasteiger partial charge in [0.1, 0.15) is 0 Å². The lowest BCUT2D eigenvalue weighted by Crippen LogP contribution is -2.16. The first kappa shape index (κ1) is 17.3. The standard InChI is InChI=1S/C20H19ClN2O2S/c1-22-19-11-10-17-18(19)13-23(20(17)14-6-3-2-4-7-14)26(24,25)16-9-5-8-15(21)12-16/h2-9,12-13,19,22H,10-11H2,1H3. The van der Waals surface area contributed by atoms with Crippen LogP contribution in [0.15, 0.2) is 65.7 Å². The molecule has 1 N–H and O–H groups in total. The molecule has 1 unspecified atom stereocenters. The van der Waals surface area contributed by atoms with E-state index in [4.69, 9.17) is 11.6 Å². The fourth-order valence-corrected chi connectivity index (χ4v) is 5.39. The number of rotatable bonds is 4. The molecule has 0 saturated heterocycles. The zero-order chi connectivity index (χ0) is 18.3. The Labute approximate surface area is 158 Å². The largest absolute Gasteiger partial charge is 0.313 e. The highest BCUT2D eigenvalue weighted by molar-refractivity contribution is 7.90.